The first-order valence-electron chi connectivity index (χ1n) is 8.17. The number of nitrogens with zero attached hydrogens (tertiary/aromatic N) is 3. The van der Waals surface area contributed by atoms with E-state index in [1.54, 1.807) is 11.3 Å². The number of amides is 1. The van der Waals surface area contributed by atoms with E-state index < -0.39 is 0 Å². The molecule has 1 fully saturated rings. The highest BCUT2D eigenvalue weighted by Crippen LogP contribution is 2.18. The molecule has 5 heteroatoms. The highest BCUT2D eigenvalue weighted by Gasteiger charge is 2.22. The second-order valence-electron chi connectivity index (χ2n) is 6.11. The van der Waals surface area contributed by atoms with Crippen LogP contribution in [0, 0.1) is 0 Å². The maximum Gasteiger partial charge on any atom is 0.253 e. The van der Waals surface area contributed by atoms with Gasteiger partial charge in [-0.05, 0) is 22.9 Å². The molecule has 0 radical (unpaired) electrons. The summed E-state index contributed by atoms with van der Waals surface area (Å²) in [6.07, 6.45) is 0. The lowest BCUT2D eigenvalue weighted by atomic mass is 10.1. The van der Waals surface area contributed by atoms with Crippen LogP contribution in [0.1, 0.15) is 16.1 Å². The molecular formula is C19H19N3OS. The molecule has 0 atom stereocenters. The van der Waals surface area contributed by atoms with Crippen LogP contribution in [0.3, 0.4) is 0 Å². The van der Waals surface area contributed by atoms with E-state index in [9.17, 15) is 4.79 Å². The summed E-state index contributed by atoms with van der Waals surface area (Å²) in [5.41, 5.74) is 3.77. The van der Waals surface area contributed by atoms with Crippen LogP contribution in [0.15, 0.2) is 53.4 Å². The lowest BCUT2D eigenvalue weighted by molar-refractivity contribution is 0.0627. The number of hydrogen-bond donors (Lipinski definition) is 0. The van der Waals surface area contributed by atoms with E-state index in [4.69, 9.17) is 0 Å². The normalized spacial score (nSPS) is 15.8. The number of benzene rings is 2. The summed E-state index contributed by atoms with van der Waals surface area (Å²) in [6, 6.07) is 14.1. The van der Waals surface area contributed by atoms with Gasteiger partial charge in [-0.3, -0.25) is 9.69 Å². The predicted molar refractivity (Wildman–Crippen MR) is 97.2 cm³/mol. The average molecular weight is 337 g/mol. The Morgan fingerprint density at radius 2 is 1.83 bits per heavy atom. The maximum absolute atomic E-state index is 12.8. The van der Waals surface area contributed by atoms with Gasteiger partial charge in [0.1, 0.15) is 0 Å². The molecule has 3 aromatic rings. The summed E-state index contributed by atoms with van der Waals surface area (Å²) >= 11 is 1.63. The van der Waals surface area contributed by atoms with E-state index in [-0.39, 0.29) is 5.91 Å². The Bertz CT molecular complexity index is 839. The molecule has 0 unspecified atom stereocenters. The fraction of sp³-hybridized carbons (Fsp3) is 0.263. The number of piperazine rings is 1. The van der Waals surface area contributed by atoms with E-state index in [2.05, 4.69) is 27.4 Å². The molecule has 0 spiro atoms. The van der Waals surface area contributed by atoms with Gasteiger partial charge in [-0.1, -0.05) is 30.3 Å². The van der Waals surface area contributed by atoms with Gasteiger partial charge in [0.25, 0.3) is 5.91 Å². The van der Waals surface area contributed by atoms with Crippen LogP contribution in [0.4, 0.5) is 0 Å². The summed E-state index contributed by atoms with van der Waals surface area (Å²) in [4.78, 5) is 21.4. The van der Waals surface area contributed by atoms with Gasteiger partial charge in [-0.25, -0.2) is 4.98 Å². The van der Waals surface area contributed by atoms with Gasteiger partial charge in [-0.2, -0.15) is 0 Å². The van der Waals surface area contributed by atoms with Gasteiger partial charge in [-0.15, -0.1) is 11.3 Å². The molecule has 0 saturated carbocycles. The van der Waals surface area contributed by atoms with Crippen molar-refractivity contribution in [2.75, 3.05) is 26.2 Å². The summed E-state index contributed by atoms with van der Waals surface area (Å²) in [5.74, 6) is 0.133. The van der Waals surface area contributed by atoms with E-state index in [1.807, 2.05) is 40.7 Å². The molecule has 1 aliphatic rings. The number of fused-ring (bicyclic) bond motifs is 1. The van der Waals surface area contributed by atoms with Gasteiger partial charge in [0.2, 0.25) is 0 Å². The molecule has 4 nitrogen and oxygen atoms in total. The minimum absolute atomic E-state index is 0.133. The van der Waals surface area contributed by atoms with Crippen molar-refractivity contribution in [1.82, 2.24) is 14.8 Å². The van der Waals surface area contributed by atoms with Crippen molar-refractivity contribution in [3.63, 3.8) is 0 Å². The molecule has 0 bridgehead atoms. The molecule has 1 saturated heterocycles. The molecule has 2 aromatic carbocycles. The summed E-state index contributed by atoms with van der Waals surface area (Å²) in [7, 11) is 0. The number of rotatable bonds is 3. The number of hydrogen-bond acceptors (Lipinski definition) is 4. The van der Waals surface area contributed by atoms with Crippen molar-refractivity contribution in [3.05, 3.63) is 64.6 Å². The molecule has 122 valence electrons. The fourth-order valence-electron chi connectivity index (χ4n) is 3.16. The third kappa shape index (κ3) is 3.18. The van der Waals surface area contributed by atoms with Crippen molar-refractivity contribution >= 4 is 28.0 Å². The summed E-state index contributed by atoms with van der Waals surface area (Å²) in [5, 5.41) is 4.37. The Labute approximate surface area is 145 Å². The lowest BCUT2D eigenvalue weighted by Crippen LogP contribution is -2.48. The standard InChI is InChI=1S/C19H19N3OS/c23-19(17-6-5-15-3-1-2-4-16(15)11-17)22-9-7-21(8-10-22)12-18-13-24-14-20-18/h1-6,11,13-14H,7-10,12H2. The SMILES string of the molecule is O=C(c1ccc2ccccc2c1)N1CCN(Cc2cscn2)CC1. The predicted octanol–water partition coefficient (Wildman–Crippen LogP) is 3.25. The van der Waals surface area contributed by atoms with Crippen molar-refractivity contribution in [3.8, 4) is 0 Å². The zero-order valence-corrected chi connectivity index (χ0v) is 14.2. The Kier molecular flexibility index (Phi) is 4.28. The number of carbonyl (C=O) groups excluding carboxylic acids is 1. The molecule has 1 aromatic heterocycles. The zero-order valence-electron chi connectivity index (χ0n) is 13.4. The van der Waals surface area contributed by atoms with Crippen LogP contribution >= 0.6 is 11.3 Å². The first-order valence-corrected chi connectivity index (χ1v) is 9.11. The third-order valence-corrected chi connectivity index (χ3v) is 5.16. The van der Waals surface area contributed by atoms with Crippen LogP contribution in [0.25, 0.3) is 10.8 Å². The van der Waals surface area contributed by atoms with E-state index in [1.165, 1.54) is 5.39 Å². The van der Waals surface area contributed by atoms with Crippen molar-refractivity contribution in [2.24, 2.45) is 0 Å². The topological polar surface area (TPSA) is 36.4 Å². The smallest absolute Gasteiger partial charge is 0.253 e. The van der Waals surface area contributed by atoms with Gasteiger partial charge in [0, 0.05) is 43.7 Å². The van der Waals surface area contributed by atoms with Crippen molar-refractivity contribution in [1.29, 1.82) is 0 Å². The maximum atomic E-state index is 12.8. The molecule has 1 amide bonds. The molecule has 1 aliphatic heterocycles. The fourth-order valence-corrected chi connectivity index (χ4v) is 3.71. The quantitative estimate of drug-likeness (QED) is 0.736. The van der Waals surface area contributed by atoms with Crippen LogP contribution < -0.4 is 0 Å². The van der Waals surface area contributed by atoms with Crippen LogP contribution in [0.5, 0.6) is 0 Å². The van der Waals surface area contributed by atoms with Crippen molar-refractivity contribution in [2.45, 2.75) is 6.54 Å². The van der Waals surface area contributed by atoms with E-state index in [0.29, 0.717) is 0 Å². The first-order chi connectivity index (χ1) is 11.8. The number of carbonyl (C=O) groups is 1. The second kappa shape index (κ2) is 6.71. The Morgan fingerprint density at radius 1 is 1.04 bits per heavy atom. The molecule has 2 heterocycles. The van der Waals surface area contributed by atoms with Gasteiger partial charge in [0.05, 0.1) is 11.2 Å². The minimum atomic E-state index is 0.133. The average Bonchev–Trinajstić information content (AvgIpc) is 3.14. The lowest BCUT2D eigenvalue weighted by Gasteiger charge is -2.34. The van der Waals surface area contributed by atoms with Gasteiger partial charge >= 0.3 is 0 Å². The molecule has 4 rings (SSSR count). The molecule has 24 heavy (non-hydrogen) atoms. The second-order valence-corrected chi connectivity index (χ2v) is 6.83. The Morgan fingerprint density at radius 3 is 2.58 bits per heavy atom. The first kappa shape index (κ1) is 15.3. The largest absolute Gasteiger partial charge is 0.336 e. The molecule has 0 N–H and O–H groups in total. The monoisotopic (exact) mass is 337 g/mol. The van der Waals surface area contributed by atoms with Crippen LogP contribution in [0.2, 0.25) is 0 Å². The number of thiazole rings is 1. The summed E-state index contributed by atoms with van der Waals surface area (Å²) < 4.78 is 0. The zero-order chi connectivity index (χ0) is 16.4. The van der Waals surface area contributed by atoms with Crippen molar-refractivity contribution < 1.29 is 4.79 Å². The van der Waals surface area contributed by atoms with Gasteiger partial charge in [0.15, 0.2) is 0 Å². The minimum Gasteiger partial charge on any atom is -0.336 e. The Hall–Kier alpha value is -2.24. The van der Waals surface area contributed by atoms with Gasteiger partial charge < -0.3 is 4.90 Å². The highest BCUT2D eigenvalue weighted by atomic mass is 32.1. The third-order valence-electron chi connectivity index (χ3n) is 4.52. The van der Waals surface area contributed by atoms with Crippen LogP contribution in [-0.4, -0.2) is 46.9 Å². The van der Waals surface area contributed by atoms with E-state index >= 15 is 0 Å². The molecular weight excluding hydrogens is 318 g/mol. The number of aromatic nitrogens is 1. The highest BCUT2D eigenvalue weighted by molar-refractivity contribution is 7.07. The van der Waals surface area contributed by atoms with Crippen LogP contribution in [-0.2, 0) is 6.54 Å². The molecule has 0 aliphatic carbocycles. The summed E-state index contributed by atoms with van der Waals surface area (Å²) in [6.45, 7) is 4.22. The Balaban J connectivity index is 1.41. The van der Waals surface area contributed by atoms with E-state index in [0.717, 1.165) is 49.4 Å².